The molecule has 0 radical (unpaired) electrons. The molecule has 0 bridgehead atoms. The normalized spacial score (nSPS) is 23.9. The first-order chi connectivity index (χ1) is 8.72. The monoisotopic (exact) mass is 265 g/mol. The summed E-state index contributed by atoms with van der Waals surface area (Å²) < 4.78 is 7.93. The van der Waals surface area contributed by atoms with Crippen molar-refractivity contribution in [2.45, 2.75) is 37.8 Å². The van der Waals surface area contributed by atoms with Gasteiger partial charge in [0.2, 0.25) is 0 Å². The van der Waals surface area contributed by atoms with E-state index in [2.05, 4.69) is 21.5 Å². The first-order valence-corrected chi connectivity index (χ1v) is 6.75. The number of pyridine rings is 1. The summed E-state index contributed by atoms with van der Waals surface area (Å²) in [6.07, 6.45) is 3.98. The molecule has 5 heteroatoms. The molecule has 0 saturated carbocycles. The van der Waals surface area contributed by atoms with Crippen LogP contribution in [0.2, 0.25) is 0 Å². The molecular formula is C13H16ClN3O. The van der Waals surface area contributed by atoms with Crippen molar-refractivity contribution in [2.75, 3.05) is 6.61 Å². The van der Waals surface area contributed by atoms with Crippen molar-refractivity contribution in [1.29, 1.82) is 0 Å². The number of hydrogen-bond acceptors (Lipinski definition) is 3. The average molecular weight is 266 g/mol. The van der Waals surface area contributed by atoms with E-state index >= 15 is 0 Å². The zero-order valence-electron chi connectivity index (χ0n) is 10.4. The summed E-state index contributed by atoms with van der Waals surface area (Å²) in [6.45, 7) is 3.75. The lowest BCUT2D eigenvalue weighted by Crippen LogP contribution is -2.30. The summed E-state index contributed by atoms with van der Waals surface area (Å²) >= 11 is 5.98. The van der Waals surface area contributed by atoms with Crippen LogP contribution < -0.4 is 0 Å². The minimum atomic E-state index is -0.119. The SMILES string of the molecule is CC1(Cn2c(CCl)nc3cccnc32)CCCO1. The molecule has 1 aliphatic heterocycles. The second-order valence-corrected chi connectivity index (χ2v) is 5.26. The van der Waals surface area contributed by atoms with Crippen LogP contribution in [0, 0.1) is 0 Å². The smallest absolute Gasteiger partial charge is 0.160 e. The van der Waals surface area contributed by atoms with E-state index in [0.717, 1.165) is 43.0 Å². The van der Waals surface area contributed by atoms with E-state index in [1.807, 2.05) is 12.1 Å². The van der Waals surface area contributed by atoms with Crippen LogP contribution in [0.4, 0.5) is 0 Å². The van der Waals surface area contributed by atoms with E-state index in [-0.39, 0.29) is 5.60 Å². The standard InChI is InChI=1S/C13H16ClN3O/c1-13(5-3-7-18-13)9-17-11(8-14)16-10-4-2-6-15-12(10)17/h2,4,6H,3,5,7-9H2,1H3. The fourth-order valence-corrected chi connectivity index (χ4v) is 2.77. The number of fused-ring (bicyclic) bond motifs is 1. The van der Waals surface area contributed by atoms with E-state index in [9.17, 15) is 0 Å². The van der Waals surface area contributed by atoms with E-state index in [1.165, 1.54) is 0 Å². The zero-order valence-corrected chi connectivity index (χ0v) is 11.2. The fourth-order valence-electron chi connectivity index (χ4n) is 2.57. The van der Waals surface area contributed by atoms with Crippen LogP contribution in [0.5, 0.6) is 0 Å². The van der Waals surface area contributed by atoms with Gasteiger partial charge in [0.1, 0.15) is 11.3 Å². The van der Waals surface area contributed by atoms with Crippen molar-refractivity contribution < 1.29 is 4.74 Å². The third-order valence-corrected chi connectivity index (χ3v) is 3.73. The van der Waals surface area contributed by atoms with Crippen molar-refractivity contribution in [3.8, 4) is 0 Å². The highest BCUT2D eigenvalue weighted by molar-refractivity contribution is 6.16. The van der Waals surface area contributed by atoms with Crippen molar-refractivity contribution in [1.82, 2.24) is 14.5 Å². The van der Waals surface area contributed by atoms with Gasteiger partial charge in [-0.25, -0.2) is 9.97 Å². The molecule has 0 N–H and O–H groups in total. The molecule has 1 aliphatic rings. The Hall–Kier alpha value is -1.13. The summed E-state index contributed by atoms with van der Waals surface area (Å²) in [7, 11) is 0. The number of hydrogen-bond donors (Lipinski definition) is 0. The summed E-state index contributed by atoms with van der Waals surface area (Å²) in [5.41, 5.74) is 1.67. The Morgan fingerprint density at radius 3 is 3.17 bits per heavy atom. The molecule has 2 aromatic heterocycles. The molecule has 0 aliphatic carbocycles. The first-order valence-electron chi connectivity index (χ1n) is 6.22. The van der Waals surface area contributed by atoms with Gasteiger partial charge in [0, 0.05) is 12.8 Å². The molecule has 0 spiro atoms. The lowest BCUT2D eigenvalue weighted by molar-refractivity contribution is 0.00650. The molecule has 96 valence electrons. The van der Waals surface area contributed by atoms with Gasteiger partial charge in [0.15, 0.2) is 5.65 Å². The van der Waals surface area contributed by atoms with Gasteiger partial charge < -0.3 is 9.30 Å². The molecule has 1 fully saturated rings. The van der Waals surface area contributed by atoms with Crippen molar-refractivity contribution >= 4 is 22.8 Å². The van der Waals surface area contributed by atoms with Crippen LogP contribution in [-0.4, -0.2) is 26.7 Å². The minimum Gasteiger partial charge on any atom is -0.373 e. The molecule has 2 aromatic rings. The van der Waals surface area contributed by atoms with Crippen molar-refractivity contribution in [3.63, 3.8) is 0 Å². The van der Waals surface area contributed by atoms with Gasteiger partial charge in [-0.1, -0.05) is 0 Å². The Morgan fingerprint density at radius 2 is 2.44 bits per heavy atom. The van der Waals surface area contributed by atoms with Gasteiger partial charge >= 0.3 is 0 Å². The molecule has 18 heavy (non-hydrogen) atoms. The van der Waals surface area contributed by atoms with Gasteiger partial charge in [-0.3, -0.25) is 0 Å². The number of aromatic nitrogens is 3. The van der Waals surface area contributed by atoms with Crippen LogP contribution in [0.1, 0.15) is 25.6 Å². The lowest BCUT2D eigenvalue weighted by atomic mass is 10.0. The Kier molecular flexibility index (Phi) is 2.99. The fraction of sp³-hybridized carbons (Fsp3) is 0.538. The highest BCUT2D eigenvalue weighted by Gasteiger charge is 2.31. The maximum Gasteiger partial charge on any atom is 0.160 e. The molecule has 4 nitrogen and oxygen atoms in total. The summed E-state index contributed by atoms with van der Waals surface area (Å²) in [4.78, 5) is 8.93. The molecule has 1 unspecified atom stereocenters. The molecule has 3 rings (SSSR count). The second kappa shape index (κ2) is 4.52. The largest absolute Gasteiger partial charge is 0.373 e. The number of rotatable bonds is 3. The van der Waals surface area contributed by atoms with E-state index in [0.29, 0.717) is 5.88 Å². The molecule has 1 saturated heterocycles. The molecule has 0 amide bonds. The zero-order chi connectivity index (χ0) is 12.6. The highest BCUT2D eigenvalue weighted by atomic mass is 35.5. The number of ether oxygens (including phenoxy) is 1. The summed E-state index contributed by atoms with van der Waals surface area (Å²) in [6, 6.07) is 3.86. The molecular weight excluding hydrogens is 250 g/mol. The highest BCUT2D eigenvalue weighted by Crippen LogP contribution is 2.29. The van der Waals surface area contributed by atoms with E-state index < -0.39 is 0 Å². The van der Waals surface area contributed by atoms with Crippen LogP contribution in [0.25, 0.3) is 11.2 Å². The minimum absolute atomic E-state index is 0.119. The predicted molar refractivity (Wildman–Crippen MR) is 70.7 cm³/mol. The third kappa shape index (κ3) is 1.99. The predicted octanol–water partition coefficient (Wildman–Crippen LogP) is 2.74. The maximum absolute atomic E-state index is 5.98. The van der Waals surface area contributed by atoms with Crippen molar-refractivity contribution in [2.24, 2.45) is 0 Å². The van der Waals surface area contributed by atoms with Gasteiger partial charge in [0.25, 0.3) is 0 Å². The van der Waals surface area contributed by atoms with Crippen LogP contribution >= 0.6 is 11.6 Å². The van der Waals surface area contributed by atoms with Crippen molar-refractivity contribution in [3.05, 3.63) is 24.2 Å². The summed E-state index contributed by atoms with van der Waals surface area (Å²) in [5.74, 6) is 1.26. The first kappa shape index (κ1) is 11.9. The maximum atomic E-state index is 5.98. The number of alkyl halides is 1. The summed E-state index contributed by atoms with van der Waals surface area (Å²) in [5, 5.41) is 0. The van der Waals surface area contributed by atoms with Crippen LogP contribution in [0.15, 0.2) is 18.3 Å². The Morgan fingerprint density at radius 1 is 1.56 bits per heavy atom. The Labute approximate surface area is 111 Å². The molecule has 1 atom stereocenters. The molecule has 3 heterocycles. The van der Waals surface area contributed by atoms with E-state index in [4.69, 9.17) is 16.3 Å². The van der Waals surface area contributed by atoms with E-state index in [1.54, 1.807) is 6.20 Å². The number of nitrogens with zero attached hydrogens (tertiary/aromatic N) is 3. The topological polar surface area (TPSA) is 39.9 Å². The average Bonchev–Trinajstić information content (AvgIpc) is 2.95. The Bertz CT molecular complexity index is 560. The van der Waals surface area contributed by atoms with Gasteiger partial charge in [-0.15, -0.1) is 11.6 Å². The van der Waals surface area contributed by atoms with Crippen LogP contribution in [0.3, 0.4) is 0 Å². The number of imidazole rings is 1. The van der Waals surface area contributed by atoms with Gasteiger partial charge in [-0.05, 0) is 31.9 Å². The van der Waals surface area contributed by atoms with Gasteiger partial charge in [-0.2, -0.15) is 0 Å². The number of halogens is 1. The lowest BCUT2D eigenvalue weighted by Gasteiger charge is -2.24. The van der Waals surface area contributed by atoms with Crippen LogP contribution in [-0.2, 0) is 17.2 Å². The Balaban J connectivity index is 2.04. The third-order valence-electron chi connectivity index (χ3n) is 3.50. The second-order valence-electron chi connectivity index (χ2n) is 5.00. The quantitative estimate of drug-likeness (QED) is 0.801. The molecule has 0 aromatic carbocycles. The van der Waals surface area contributed by atoms with Gasteiger partial charge in [0.05, 0.1) is 18.0 Å².